The molecular formula is C24H21ClN2O3. The third-order valence-corrected chi connectivity index (χ3v) is 6.64. The standard InChI is InChI=1S/C24H21ClN2O3/c25-20-7-2-1-5-18(20)14-30-19-6-3-4-15(12-19)13-26-27-23(28)21-16-8-9-17(11-10-16)22(21)24(27)29/h1-9,12-13,16-17,21-22H,10-11,14H2/b26-13-/t16-,17-,21-,22-/m1/s1. The van der Waals surface area contributed by atoms with E-state index in [2.05, 4.69) is 17.3 Å². The van der Waals surface area contributed by atoms with Crippen LogP contribution in [0.5, 0.6) is 5.75 Å². The van der Waals surface area contributed by atoms with Crippen LogP contribution >= 0.6 is 11.6 Å². The van der Waals surface area contributed by atoms with Crippen molar-refractivity contribution in [1.29, 1.82) is 0 Å². The summed E-state index contributed by atoms with van der Waals surface area (Å²) in [6.45, 7) is 0.350. The summed E-state index contributed by atoms with van der Waals surface area (Å²) in [6.07, 6.45) is 7.71. The van der Waals surface area contributed by atoms with Crippen molar-refractivity contribution in [2.24, 2.45) is 28.8 Å². The van der Waals surface area contributed by atoms with Crippen molar-refractivity contribution >= 4 is 29.6 Å². The molecule has 2 aromatic carbocycles. The molecule has 6 heteroatoms. The Morgan fingerprint density at radius 3 is 2.37 bits per heavy atom. The average Bonchev–Trinajstić information content (AvgIpc) is 3.05. The van der Waals surface area contributed by atoms with Crippen LogP contribution in [-0.2, 0) is 16.2 Å². The van der Waals surface area contributed by atoms with Crippen molar-refractivity contribution < 1.29 is 14.3 Å². The van der Waals surface area contributed by atoms with Crippen LogP contribution in [-0.4, -0.2) is 23.0 Å². The molecular weight excluding hydrogens is 400 g/mol. The Morgan fingerprint density at radius 1 is 1.00 bits per heavy atom. The Kier molecular flexibility index (Phi) is 4.91. The molecule has 0 unspecified atom stereocenters. The van der Waals surface area contributed by atoms with E-state index in [1.807, 2.05) is 48.5 Å². The molecule has 2 bridgehead atoms. The summed E-state index contributed by atoms with van der Waals surface area (Å²) < 4.78 is 5.84. The van der Waals surface area contributed by atoms with Gasteiger partial charge in [0.15, 0.2) is 0 Å². The maximum Gasteiger partial charge on any atom is 0.254 e. The van der Waals surface area contributed by atoms with E-state index in [9.17, 15) is 9.59 Å². The van der Waals surface area contributed by atoms with E-state index in [4.69, 9.17) is 16.3 Å². The molecule has 0 radical (unpaired) electrons. The number of benzene rings is 2. The number of imide groups is 1. The Morgan fingerprint density at radius 2 is 1.70 bits per heavy atom. The number of rotatable bonds is 5. The molecule has 4 atom stereocenters. The molecule has 0 spiro atoms. The first-order chi connectivity index (χ1) is 14.6. The van der Waals surface area contributed by atoms with Crippen molar-refractivity contribution in [3.8, 4) is 5.75 Å². The molecule has 2 amide bonds. The fourth-order valence-electron chi connectivity index (χ4n) is 4.76. The van der Waals surface area contributed by atoms with E-state index in [0.717, 1.165) is 29.0 Å². The van der Waals surface area contributed by atoms with Crippen molar-refractivity contribution in [1.82, 2.24) is 5.01 Å². The molecule has 1 saturated heterocycles. The number of ether oxygens (including phenoxy) is 1. The van der Waals surface area contributed by atoms with E-state index >= 15 is 0 Å². The second kappa shape index (κ2) is 7.73. The zero-order valence-electron chi connectivity index (χ0n) is 16.3. The lowest BCUT2D eigenvalue weighted by Crippen LogP contribution is -2.38. The fourth-order valence-corrected chi connectivity index (χ4v) is 4.95. The normalized spacial score (nSPS) is 27.2. The van der Waals surface area contributed by atoms with Gasteiger partial charge in [0.25, 0.3) is 11.8 Å². The number of fused-ring (bicyclic) bond motifs is 1. The third-order valence-electron chi connectivity index (χ3n) is 6.27. The number of carbonyl (C=O) groups excluding carboxylic acids is 2. The van der Waals surface area contributed by atoms with Gasteiger partial charge in [-0.25, -0.2) is 0 Å². The Hall–Kier alpha value is -2.92. The van der Waals surface area contributed by atoms with Gasteiger partial charge in [-0.1, -0.05) is 54.1 Å². The predicted octanol–water partition coefficient (Wildman–Crippen LogP) is 4.45. The van der Waals surface area contributed by atoms with Crippen LogP contribution in [0, 0.1) is 23.7 Å². The summed E-state index contributed by atoms with van der Waals surface area (Å²) in [5, 5.41) is 5.99. The van der Waals surface area contributed by atoms with Crippen molar-refractivity contribution in [2.45, 2.75) is 19.4 Å². The van der Waals surface area contributed by atoms with Crippen LogP contribution in [0.25, 0.3) is 0 Å². The van der Waals surface area contributed by atoms with Gasteiger partial charge in [0.2, 0.25) is 0 Å². The van der Waals surface area contributed by atoms with Gasteiger partial charge in [0.1, 0.15) is 12.4 Å². The number of amides is 2. The summed E-state index contributed by atoms with van der Waals surface area (Å²) in [5.41, 5.74) is 1.65. The van der Waals surface area contributed by atoms with Gasteiger partial charge < -0.3 is 4.74 Å². The van der Waals surface area contributed by atoms with E-state index < -0.39 is 0 Å². The second-order valence-corrected chi connectivity index (χ2v) is 8.43. The van der Waals surface area contributed by atoms with Crippen LogP contribution in [0.2, 0.25) is 5.02 Å². The van der Waals surface area contributed by atoms with E-state index in [1.165, 1.54) is 0 Å². The highest BCUT2D eigenvalue weighted by molar-refractivity contribution is 6.31. The molecule has 152 valence electrons. The van der Waals surface area contributed by atoms with Crippen LogP contribution < -0.4 is 4.74 Å². The summed E-state index contributed by atoms with van der Waals surface area (Å²) in [6, 6.07) is 14.9. The molecule has 1 heterocycles. The number of hydrazone groups is 1. The number of halogens is 1. The highest BCUT2D eigenvalue weighted by Crippen LogP contribution is 2.49. The summed E-state index contributed by atoms with van der Waals surface area (Å²) in [7, 11) is 0. The first-order valence-corrected chi connectivity index (χ1v) is 10.6. The third kappa shape index (κ3) is 3.33. The maximum absolute atomic E-state index is 12.8. The van der Waals surface area contributed by atoms with Crippen LogP contribution in [0.4, 0.5) is 0 Å². The topological polar surface area (TPSA) is 59.0 Å². The molecule has 0 N–H and O–H groups in total. The van der Waals surface area contributed by atoms with Crippen molar-refractivity contribution in [2.75, 3.05) is 0 Å². The lowest BCUT2D eigenvalue weighted by molar-refractivity contribution is -0.140. The monoisotopic (exact) mass is 420 g/mol. The van der Waals surface area contributed by atoms with Gasteiger partial charge >= 0.3 is 0 Å². The number of nitrogens with zero attached hydrogens (tertiary/aromatic N) is 2. The van der Waals surface area contributed by atoms with Gasteiger partial charge in [-0.2, -0.15) is 10.1 Å². The molecule has 2 aromatic rings. The molecule has 3 aliphatic carbocycles. The number of allylic oxidation sites excluding steroid dienone is 2. The molecule has 5 nitrogen and oxygen atoms in total. The van der Waals surface area contributed by atoms with E-state index in [1.54, 1.807) is 6.21 Å². The molecule has 6 rings (SSSR count). The highest BCUT2D eigenvalue weighted by atomic mass is 35.5. The van der Waals surface area contributed by atoms with Gasteiger partial charge in [0.05, 0.1) is 18.1 Å². The smallest absolute Gasteiger partial charge is 0.254 e. The number of hydrogen-bond acceptors (Lipinski definition) is 4. The summed E-state index contributed by atoms with van der Waals surface area (Å²) in [5.74, 6) is 0.149. The van der Waals surface area contributed by atoms with Gasteiger partial charge in [-0.3, -0.25) is 9.59 Å². The Bertz CT molecular complexity index is 1030. The van der Waals surface area contributed by atoms with Gasteiger partial charge in [0, 0.05) is 10.6 Å². The number of hydrogen-bond donors (Lipinski definition) is 0. The van der Waals surface area contributed by atoms with Crippen molar-refractivity contribution in [3.63, 3.8) is 0 Å². The molecule has 4 aliphatic rings. The molecule has 30 heavy (non-hydrogen) atoms. The molecule has 0 aromatic heterocycles. The quantitative estimate of drug-likeness (QED) is 0.408. The van der Waals surface area contributed by atoms with Crippen LogP contribution in [0.15, 0.2) is 65.8 Å². The minimum atomic E-state index is -0.247. The Labute approximate surface area is 180 Å². The largest absolute Gasteiger partial charge is 0.489 e. The predicted molar refractivity (Wildman–Crippen MR) is 114 cm³/mol. The first kappa shape index (κ1) is 19.1. The second-order valence-electron chi connectivity index (χ2n) is 8.03. The summed E-state index contributed by atoms with van der Waals surface area (Å²) in [4.78, 5) is 25.7. The first-order valence-electron chi connectivity index (χ1n) is 10.2. The zero-order valence-corrected chi connectivity index (χ0v) is 17.0. The molecule has 1 aliphatic heterocycles. The molecule has 2 fully saturated rings. The molecule has 1 saturated carbocycles. The van der Waals surface area contributed by atoms with E-state index in [-0.39, 0.29) is 35.5 Å². The maximum atomic E-state index is 12.8. The minimum absolute atomic E-state index is 0.165. The van der Waals surface area contributed by atoms with E-state index in [0.29, 0.717) is 17.4 Å². The lowest BCUT2D eigenvalue weighted by atomic mass is 9.63. The average molecular weight is 421 g/mol. The van der Waals surface area contributed by atoms with Gasteiger partial charge in [-0.05, 0) is 48.4 Å². The number of carbonyl (C=O) groups is 2. The highest BCUT2D eigenvalue weighted by Gasteiger charge is 2.56. The minimum Gasteiger partial charge on any atom is -0.489 e. The van der Waals surface area contributed by atoms with Crippen LogP contribution in [0.3, 0.4) is 0 Å². The van der Waals surface area contributed by atoms with Crippen LogP contribution in [0.1, 0.15) is 24.0 Å². The SMILES string of the molecule is O=C1[C@H]2[C@H](C(=O)N1/N=C\c1cccc(OCc3ccccc3Cl)c1)[C@@H]1C=C[C@@H]2CC1. The summed E-state index contributed by atoms with van der Waals surface area (Å²) >= 11 is 6.17. The lowest BCUT2D eigenvalue weighted by Gasteiger charge is -2.37. The Balaban J connectivity index is 1.29. The fraction of sp³-hybridized carbons (Fsp3) is 0.292. The zero-order chi connectivity index (χ0) is 20.7. The van der Waals surface area contributed by atoms with Gasteiger partial charge in [-0.15, -0.1) is 0 Å². The van der Waals surface area contributed by atoms with Crippen molar-refractivity contribution in [3.05, 3.63) is 76.8 Å².